The molecule has 1 saturated heterocycles. The van der Waals surface area contributed by atoms with E-state index in [2.05, 4.69) is 4.72 Å². The van der Waals surface area contributed by atoms with Gasteiger partial charge in [0.25, 0.3) is 0 Å². The molecule has 0 spiro atoms. The van der Waals surface area contributed by atoms with Crippen molar-refractivity contribution in [2.75, 3.05) is 29.3 Å². The SMILES string of the molecule is O=S(=O)(Nc1cccc(F)c1)N1CCSCC1. The Kier molecular flexibility index (Phi) is 3.90. The lowest BCUT2D eigenvalue weighted by atomic mass is 10.3. The van der Waals surface area contributed by atoms with Gasteiger partial charge < -0.3 is 0 Å². The molecule has 1 fully saturated rings. The van der Waals surface area contributed by atoms with Crippen LogP contribution in [0.4, 0.5) is 10.1 Å². The third-order valence-corrected chi connectivity index (χ3v) is 4.86. The second kappa shape index (κ2) is 5.24. The second-order valence-corrected chi connectivity index (χ2v) is 6.52. The van der Waals surface area contributed by atoms with Gasteiger partial charge >= 0.3 is 10.2 Å². The normalized spacial score (nSPS) is 17.9. The average molecular weight is 276 g/mol. The first-order chi connectivity index (χ1) is 8.08. The zero-order valence-electron chi connectivity index (χ0n) is 9.10. The minimum atomic E-state index is -3.55. The van der Waals surface area contributed by atoms with E-state index < -0.39 is 16.0 Å². The van der Waals surface area contributed by atoms with Gasteiger partial charge in [0.1, 0.15) is 5.82 Å². The standard InChI is InChI=1S/C10H13FN2O2S2/c11-9-2-1-3-10(8-9)12-17(14,15)13-4-6-16-7-5-13/h1-3,8,12H,4-7H2. The molecule has 1 aliphatic rings. The van der Waals surface area contributed by atoms with Crippen molar-refractivity contribution in [3.05, 3.63) is 30.1 Å². The van der Waals surface area contributed by atoms with E-state index in [1.54, 1.807) is 11.8 Å². The predicted octanol–water partition coefficient (Wildman–Crippen LogP) is 1.53. The van der Waals surface area contributed by atoms with E-state index in [-0.39, 0.29) is 5.69 Å². The molecule has 1 aromatic rings. The molecule has 4 nitrogen and oxygen atoms in total. The number of nitrogens with zero attached hydrogens (tertiary/aromatic N) is 1. The summed E-state index contributed by atoms with van der Waals surface area (Å²) in [5.41, 5.74) is 0.253. The summed E-state index contributed by atoms with van der Waals surface area (Å²) in [6.45, 7) is 0.991. The Labute approximate surface area is 104 Å². The third-order valence-electron chi connectivity index (χ3n) is 2.38. The highest BCUT2D eigenvalue weighted by Gasteiger charge is 2.23. The number of benzene rings is 1. The third kappa shape index (κ3) is 3.34. The Balaban J connectivity index is 2.11. The van der Waals surface area contributed by atoms with Gasteiger partial charge in [0, 0.05) is 24.6 Å². The quantitative estimate of drug-likeness (QED) is 0.911. The minimum Gasteiger partial charge on any atom is -0.271 e. The van der Waals surface area contributed by atoms with E-state index in [0.29, 0.717) is 13.1 Å². The number of thioether (sulfide) groups is 1. The van der Waals surface area contributed by atoms with E-state index in [1.165, 1.54) is 22.5 Å². The highest BCUT2D eigenvalue weighted by molar-refractivity contribution is 7.99. The molecule has 17 heavy (non-hydrogen) atoms. The van der Waals surface area contributed by atoms with Gasteiger partial charge in [-0.25, -0.2) is 4.39 Å². The van der Waals surface area contributed by atoms with Crippen LogP contribution in [0.1, 0.15) is 0 Å². The summed E-state index contributed by atoms with van der Waals surface area (Å²) in [6.07, 6.45) is 0. The summed E-state index contributed by atoms with van der Waals surface area (Å²) in [5, 5.41) is 0. The number of hydrogen-bond acceptors (Lipinski definition) is 3. The maximum atomic E-state index is 12.9. The molecular formula is C10H13FN2O2S2. The predicted molar refractivity (Wildman–Crippen MR) is 67.8 cm³/mol. The van der Waals surface area contributed by atoms with E-state index in [0.717, 1.165) is 17.6 Å². The van der Waals surface area contributed by atoms with Crippen LogP contribution in [0.5, 0.6) is 0 Å². The Morgan fingerprint density at radius 3 is 2.65 bits per heavy atom. The van der Waals surface area contributed by atoms with E-state index in [9.17, 15) is 12.8 Å². The van der Waals surface area contributed by atoms with Gasteiger partial charge in [-0.15, -0.1) is 0 Å². The Morgan fingerprint density at radius 2 is 2.00 bits per heavy atom. The number of nitrogens with one attached hydrogen (secondary N) is 1. The Bertz CT molecular complexity index is 487. The maximum Gasteiger partial charge on any atom is 0.301 e. The molecule has 0 unspecified atom stereocenters. The van der Waals surface area contributed by atoms with E-state index in [1.807, 2.05) is 0 Å². The number of rotatable bonds is 3. The van der Waals surface area contributed by atoms with Gasteiger partial charge in [-0.05, 0) is 18.2 Å². The van der Waals surface area contributed by atoms with Crippen LogP contribution in [0.25, 0.3) is 0 Å². The first-order valence-electron chi connectivity index (χ1n) is 5.19. The lowest BCUT2D eigenvalue weighted by Gasteiger charge is -2.25. The fourth-order valence-corrected chi connectivity index (χ4v) is 3.90. The summed E-state index contributed by atoms with van der Waals surface area (Å²) in [6, 6.07) is 5.43. The van der Waals surface area contributed by atoms with Crippen LogP contribution in [0.15, 0.2) is 24.3 Å². The van der Waals surface area contributed by atoms with Crippen molar-refractivity contribution in [3.63, 3.8) is 0 Å². The number of hydrogen-bond donors (Lipinski definition) is 1. The van der Waals surface area contributed by atoms with Crippen LogP contribution >= 0.6 is 11.8 Å². The van der Waals surface area contributed by atoms with Crippen molar-refractivity contribution >= 4 is 27.7 Å². The molecule has 0 amide bonds. The molecule has 1 heterocycles. The van der Waals surface area contributed by atoms with Crippen molar-refractivity contribution in [2.45, 2.75) is 0 Å². The molecule has 0 saturated carbocycles. The number of anilines is 1. The molecule has 0 aliphatic carbocycles. The van der Waals surface area contributed by atoms with Crippen molar-refractivity contribution in [1.82, 2.24) is 4.31 Å². The van der Waals surface area contributed by atoms with E-state index in [4.69, 9.17) is 0 Å². The molecule has 0 atom stereocenters. The van der Waals surface area contributed by atoms with E-state index >= 15 is 0 Å². The minimum absolute atomic E-state index is 0.253. The van der Waals surface area contributed by atoms with Gasteiger partial charge in [-0.3, -0.25) is 4.72 Å². The molecule has 0 bridgehead atoms. The summed E-state index contributed by atoms with van der Waals surface area (Å²) in [7, 11) is -3.55. The van der Waals surface area contributed by atoms with Crippen LogP contribution in [0.2, 0.25) is 0 Å². The van der Waals surface area contributed by atoms with Gasteiger partial charge in [0.2, 0.25) is 0 Å². The molecule has 1 aliphatic heterocycles. The van der Waals surface area contributed by atoms with Gasteiger partial charge in [-0.1, -0.05) is 6.07 Å². The highest BCUT2D eigenvalue weighted by atomic mass is 32.2. The fourth-order valence-electron chi connectivity index (χ4n) is 1.55. The zero-order chi connectivity index (χ0) is 12.3. The highest BCUT2D eigenvalue weighted by Crippen LogP contribution is 2.16. The van der Waals surface area contributed by atoms with Crippen LogP contribution in [0, 0.1) is 5.82 Å². The molecule has 94 valence electrons. The maximum absolute atomic E-state index is 12.9. The van der Waals surface area contributed by atoms with Gasteiger partial charge in [0.05, 0.1) is 5.69 Å². The van der Waals surface area contributed by atoms with Crippen LogP contribution < -0.4 is 4.72 Å². The molecular weight excluding hydrogens is 263 g/mol. The van der Waals surface area contributed by atoms with Crippen LogP contribution in [0.3, 0.4) is 0 Å². The lowest BCUT2D eigenvalue weighted by Crippen LogP contribution is -2.41. The summed E-state index contributed by atoms with van der Waals surface area (Å²) in [5.74, 6) is 1.13. The Morgan fingerprint density at radius 1 is 1.29 bits per heavy atom. The van der Waals surface area contributed by atoms with Gasteiger partial charge in [0.15, 0.2) is 0 Å². The molecule has 1 aromatic carbocycles. The zero-order valence-corrected chi connectivity index (χ0v) is 10.7. The first-order valence-corrected chi connectivity index (χ1v) is 7.78. The Hall–Kier alpha value is -0.790. The summed E-state index contributed by atoms with van der Waals surface area (Å²) < 4.78 is 40.6. The van der Waals surface area contributed by atoms with Crippen molar-refractivity contribution < 1.29 is 12.8 Å². The van der Waals surface area contributed by atoms with Gasteiger partial charge in [-0.2, -0.15) is 24.5 Å². The lowest BCUT2D eigenvalue weighted by molar-refractivity contribution is 0.448. The van der Waals surface area contributed by atoms with Crippen molar-refractivity contribution in [2.24, 2.45) is 0 Å². The second-order valence-electron chi connectivity index (χ2n) is 3.63. The largest absolute Gasteiger partial charge is 0.301 e. The monoisotopic (exact) mass is 276 g/mol. The molecule has 1 N–H and O–H groups in total. The summed E-state index contributed by atoms with van der Waals surface area (Å²) in [4.78, 5) is 0. The summed E-state index contributed by atoms with van der Waals surface area (Å²) >= 11 is 1.73. The van der Waals surface area contributed by atoms with Crippen molar-refractivity contribution in [1.29, 1.82) is 0 Å². The van der Waals surface area contributed by atoms with Crippen molar-refractivity contribution in [3.8, 4) is 0 Å². The molecule has 2 rings (SSSR count). The average Bonchev–Trinajstić information content (AvgIpc) is 2.29. The molecule has 0 aromatic heterocycles. The number of halogens is 1. The molecule has 0 radical (unpaired) electrons. The first kappa shape index (κ1) is 12.7. The molecule has 7 heteroatoms. The smallest absolute Gasteiger partial charge is 0.271 e. The topological polar surface area (TPSA) is 49.4 Å². The van der Waals surface area contributed by atoms with Crippen LogP contribution in [-0.2, 0) is 10.2 Å². The van der Waals surface area contributed by atoms with Crippen LogP contribution in [-0.4, -0.2) is 37.3 Å². The fraction of sp³-hybridized carbons (Fsp3) is 0.400.